The Morgan fingerprint density at radius 1 is 1.50 bits per heavy atom. The molecule has 0 bridgehead atoms. The summed E-state index contributed by atoms with van der Waals surface area (Å²) in [6.45, 7) is 4.12. The first-order valence-corrected chi connectivity index (χ1v) is 8.13. The van der Waals surface area contributed by atoms with Crippen molar-refractivity contribution >= 4 is 39.1 Å². The molecule has 0 fully saturated rings. The van der Waals surface area contributed by atoms with Gasteiger partial charge in [0.1, 0.15) is 0 Å². The molecule has 0 radical (unpaired) electrons. The molecular formula is C15H17BrN2OS. The number of carbonyl (C=O) groups is 1. The summed E-state index contributed by atoms with van der Waals surface area (Å²) < 4.78 is 2.83. The lowest BCUT2D eigenvalue weighted by Crippen LogP contribution is -1.92. The van der Waals surface area contributed by atoms with E-state index < -0.39 is 0 Å². The summed E-state index contributed by atoms with van der Waals surface area (Å²) in [6.07, 6.45) is 5.44. The molecule has 2 aromatic heterocycles. The lowest BCUT2D eigenvalue weighted by atomic mass is 10.2. The lowest BCUT2D eigenvalue weighted by Gasteiger charge is -1.91. The fourth-order valence-corrected chi connectivity index (χ4v) is 3.73. The molecule has 0 aliphatic carbocycles. The van der Waals surface area contributed by atoms with Crippen LogP contribution in [0.15, 0.2) is 22.7 Å². The van der Waals surface area contributed by atoms with Crippen LogP contribution in [0.25, 0.3) is 6.08 Å². The summed E-state index contributed by atoms with van der Waals surface area (Å²) >= 11 is 5.08. The van der Waals surface area contributed by atoms with Crippen molar-refractivity contribution in [3.05, 3.63) is 43.8 Å². The molecule has 3 nitrogen and oxygen atoms in total. The third-order valence-electron chi connectivity index (χ3n) is 3.02. The number of allylic oxidation sites excluding steroid dienone is 1. The molecule has 0 saturated carbocycles. The molecule has 0 atom stereocenters. The van der Waals surface area contributed by atoms with Gasteiger partial charge in [0.2, 0.25) is 0 Å². The zero-order valence-corrected chi connectivity index (χ0v) is 14.2. The highest BCUT2D eigenvalue weighted by Gasteiger charge is 2.11. The summed E-state index contributed by atoms with van der Waals surface area (Å²) in [7, 11) is 1.89. The van der Waals surface area contributed by atoms with Crippen molar-refractivity contribution in [3.8, 4) is 0 Å². The first-order valence-electron chi connectivity index (χ1n) is 6.52. The number of nitrogens with zero attached hydrogens (tertiary/aromatic N) is 2. The van der Waals surface area contributed by atoms with Crippen LogP contribution in [0.4, 0.5) is 0 Å². The normalized spacial score (nSPS) is 11.4. The van der Waals surface area contributed by atoms with Gasteiger partial charge in [-0.1, -0.05) is 13.3 Å². The number of aryl methyl sites for hydroxylation is 3. The number of aromatic nitrogens is 2. The Kier molecular flexibility index (Phi) is 4.94. The number of hydrogen-bond acceptors (Lipinski definition) is 3. The third kappa shape index (κ3) is 3.46. The number of hydrogen-bond donors (Lipinski definition) is 0. The summed E-state index contributed by atoms with van der Waals surface area (Å²) in [4.78, 5) is 14.1. The molecule has 0 N–H and O–H groups in total. The minimum absolute atomic E-state index is 0.0290. The molecule has 106 valence electrons. The molecule has 20 heavy (non-hydrogen) atoms. The van der Waals surface area contributed by atoms with Crippen molar-refractivity contribution < 1.29 is 4.79 Å². The standard InChI is InChI=1S/C15H17BrN2OS/c1-4-5-14-12(16)9-15(20-14)13(19)7-6-11-8-10(2)18(3)17-11/h6-9H,4-5H2,1-3H3/b7-6+. The molecule has 0 aromatic carbocycles. The fraction of sp³-hybridized carbons (Fsp3) is 0.333. The fourth-order valence-electron chi connectivity index (χ4n) is 1.84. The minimum atomic E-state index is 0.0290. The van der Waals surface area contributed by atoms with E-state index in [1.807, 2.05) is 26.1 Å². The largest absolute Gasteiger partial charge is 0.288 e. The average molecular weight is 353 g/mol. The second kappa shape index (κ2) is 6.50. The molecule has 0 aliphatic heterocycles. The second-order valence-corrected chi connectivity index (χ2v) is 6.65. The van der Waals surface area contributed by atoms with Crippen LogP contribution in [0.5, 0.6) is 0 Å². The van der Waals surface area contributed by atoms with Gasteiger partial charge in [-0.15, -0.1) is 11.3 Å². The van der Waals surface area contributed by atoms with E-state index in [4.69, 9.17) is 0 Å². The van der Waals surface area contributed by atoms with E-state index in [2.05, 4.69) is 28.0 Å². The molecule has 0 unspecified atom stereocenters. The van der Waals surface area contributed by atoms with Crippen molar-refractivity contribution in [2.75, 3.05) is 0 Å². The zero-order chi connectivity index (χ0) is 14.7. The Hall–Kier alpha value is -1.20. The molecular weight excluding hydrogens is 336 g/mol. The van der Waals surface area contributed by atoms with Gasteiger partial charge in [-0.3, -0.25) is 9.48 Å². The van der Waals surface area contributed by atoms with E-state index in [0.29, 0.717) is 0 Å². The molecule has 0 amide bonds. The molecule has 0 spiro atoms. The second-order valence-electron chi connectivity index (χ2n) is 4.66. The summed E-state index contributed by atoms with van der Waals surface area (Å²) in [5.74, 6) is 0.0290. The Bertz CT molecular complexity index is 635. The maximum Gasteiger partial charge on any atom is 0.195 e. The number of carbonyl (C=O) groups excluding carboxylic acids is 1. The first kappa shape index (κ1) is 15.2. The van der Waals surface area contributed by atoms with Crippen LogP contribution in [0.1, 0.15) is 39.3 Å². The predicted octanol–water partition coefficient (Wildman–Crippen LogP) is 4.40. The SMILES string of the molecule is CCCc1sc(C(=O)/C=C/c2cc(C)n(C)n2)cc1Br. The number of ketones is 1. The van der Waals surface area contributed by atoms with Crippen LogP contribution < -0.4 is 0 Å². The van der Waals surface area contributed by atoms with Gasteiger partial charge < -0.3 is 0 Å². The highest BCUT2D eigenvalue weighted by atomic mass is 79.9. The number of halogens is 1. The average Bonchev–Trinajstić information content (AvgIpc) is 2.92. The van der Waals surface area contributed by atoms with E-state index in [0.717, 1.165) is 33.6 Å². The van der Waals surface area contributed by atoms with Gasteiger partial charge in [0.15, 0.2) is 5.78 Å². The quantitative estimate of drug-likeness (QED) is 0.590. The topological polar surface area (TPSA) is 34.9 Å². The molecule has 2 aromatic rings. The maximum absolute atomic E-state index is 12.1. The monoisotopic (exact) mass is 352 g/mol. The Morgan fingerprint density at radius 3 is 2.85 bits per heavy atom. The van der Waals surface area contributed by atoms with Crippen LogP contribution in [-0.4, -0.2) is 15.6 Å². The number of thiophene rings is 1. The van der Waals surface area contributed by atoms with Crippen LogP contribution in [0.3, 0.4) is 0 Å². The van der Waals surface area contributed by atoms with Crippen LogP contribution in [-0.2, 0) is 13.5 Å². The Balaban J connectivity index is 2.13. The maximum atomic E-state index is 12.1. The van der Waals surface area contributed by atoms with Gasteiger partial charge in [-0.25, -0.2) is 0 Å². The molecule has 5 heteroatoms. The van der Waals surface area contributed by atoms with E-state index in [1.165, 1.54) is 4.88 Å². The third-order valence-corrected chi connectivity index (χ3v) is 5.19. The van der Waals surface area contributed by atoms with Crippen molar-refractivity contribution in [3.63, 3.8) is 0 Å². The molecule has 0 saturated heterocycles. The first-order chi connectivity index (χ1) is 9.51. The smallest absolute Gasteiger partial charge is 0.195 e. The van der Waals surface area contributed by atoms with Gasteiger partial charge in [-0.2, -0.15) is 5.10 Å². The highest BCUT2D eigenvalue weighted by Crippen LogP contribution is 2.29. The van der Waals surface area contributed by atoms with E-state index in [9.17, 15) is 4.79 Å². The van der Waals surface area contributed by atoms with E-state index in [-0.39, 0.29) is 5.78 Å². The molecule has 0 aliphatic rings. The van der Waals surface area contributed by atoms with Gasteiger partial charge in [-0.05, 0) is 53.6 Å². The summed E-state index contributed by atoms with van der Waals surface area (Å²) in [6, 6.07) is 3.86. The highest BCUT2D eigenvalue weighted by molar-refractivity contribution is 9.10. The van der Waals surface area contributed by atoms with E-state index in [1.54, 1.807) is 28.2 Å². The molecule has 2 rings (SSSR count). The van der Waals surface area contributed by atoms with Crippen molar-refractivity contribution in [2.45, 2.75) is 26.7 Å². The van der Waals surface area contributed by atoms with Gasteiger partial charge in [0.25, 0.3) is 0 Å². The van der Waals surface area contributed by atoms with Crippen molar-refractivity contribution in [1.29, 1.82) is 0 Å². The van der Waals surface area contributed by atoms with Crippen LogP contribution in [0.2, 0.25) is 0 Å². The van der Waals surface area contributed by atoms with E-state index >= 15 is 0 Å². The minimum Gasteiger partial charge on any atom is -0.288 e. The molecule has 2 heterocycles. The lowest BCUT2D eigenvalue weighted by molar-refractivity contribution is 0.105. The Labute approximate surface area is 131 Å². The van der Waals surface area contributed by atoms with Gasteiger partial charge >= 0.3 is 0 Å². The van der Waals surface area contributed by atoms with Crippen molar-refractivity contribution in [1.82, 2.24) is 9.78 Å². The predicted molar refractivity (Wildman–Crippen MR) is 87.3 cm³/mol. The summed E-state index contributed by atoms with van der Waals surface area (Å²) in [5.41, 5.74) is 1.88. The van der Waals surface area contributed by atoms with Gasteiger partial charge in [0.05, 0.1) is 10.6 Å². The van der Waals surface area contributed by atoms with Crippen LogP contribution >= 0.6 is 27.3 Å². The van der Waals surface area contributed by atoms with Crippen LogP contribution in [0, 0.1) is 6.92 Å². The number of rotatable bonds is 5. The summed E-state index contributed by atoms with van der Waals surface area (Å²) in [5, 5.41) is 4.30. The van der Waals surface area contributed by atoms with Gasteiger partial charge in [0, 0.05) is 22.1 Å². The zero-order valence-electron chi connectivity index (χ0n) is 11.8. The van der Waals surface area contributed by atoms with Crippen molar-refractivity contribution in [2.24, 2.45) is 7.05 Å². The Morgan fingerprint density at radius 2 is 2.25 bits per heavy atom.